The van der Waals surface area contributed by atoms with E-state index < -0.39 is 22.8 Å². The number of fused-ring (bicyclic) bond motifs is 1. The van der Waals surface area contributed by atoms with Crippen molar-refractivity contribution in [1.82, 2.24) is 4.98 Å². The minimum Gasteiger partial charge on any atom is -0.477 e. The fourth-order valence-electron chi connectivity index (χ4n) is 2.45. The van der Waals surface area contributed by atoms with E-state index in [-0.39, 0.29) is 21.5 Å². The molecule has 0 spiro atoms. The predicted molar refractivity (Wildman–Crippen MR) is 86.6 cm³/mol. The number of carboxylic acid groups (broad SMARTS) is 1. The van der Waals surface area contributed by atoms with Gasteiger partial charge in [0.15, 0.2) is 0 Å². The number of carbonyl (C=O) groups is 1. The van der Waals surface area contributed by atoms with E-state index >= 15 is 0 Å². The zero-order valence-corrected chi connectivity index (χ0v) is 12.7. The molecule has 3 rings (SSSR count). The predicted octanol–water partition coefficient (Wildman–Crippen LogP) is 3.56. The minimum atomic E-state index is -1.41. The number of halogens is 2. The van der Waals surface area contributed by atoms with Crippen molar-refractivity contribution < 1.29 is 14.3 Å². The van der Waals surface area contributed by atoms with Crippen LogP contribution in [0, 0.1) is 17.1 Å². The molecule has 0 aliphatic heterocycles. The third-order valence-corrected chi connectivity index (χ3v) is 3.97. The number of nitrogens with one attached hydrogen (secondary N) is 1. The molecule has 0 bridgehead atoms. The number of carboxylic acids is 1. The standard InChI is InChI=1S/C17H8ClFN2O3/c18-14-12(19)5-10-15(21-7-11(16(10)22)17(23)24)13(14)9-3-1-8(6-20)2-4-9/h1-5,7H,(H,21,22)(H,23,24). The first-order valence-electron chi connectivity index (χ1n) is 6.71. The highest BCUT2D eigenvalue weighted by Gasteiger charge is 2.19. The molecule has 0 aliphatic carbocycles. The molecule has 24 heavy (non-hydrogen) atoms. The van der Waals surface area contributed by atoms with E-state index in [2.05, 4.69) is 4.98 Å². The molecule has 2 aromatic carbocycles. The number of hydrogen-bond donors (Lipinski definition) is 2. The Hall–Kier alpha value is -3.17. The van der Waals surface area contributed by atoms with Crippen LogP contribution in [-0.2, 0) is 0 Å². The van der Waals surface area contributed by atoms with E-state index in [0.29, 0.717) is 11.1 Å². The number of nitrogens with zero attached hydrogens (tertiary/aromatic N) is 1. The molecule has 7 heteroatoms. The zero-order valence-electron chi connectivity index (χ0n) is 11.9. The average molecular weight is 343 g/mol. The highest BCUT2D eigenvalue weighted by Crippen LogP contribution is 2.35. The average Bonchev–Trinajstić information content (AvgIpc) is 2.57. The summed E-state index contributed by atoms with van der Waals surface area (Å²) in [5.74, 6) is -2.25. The third-order valence-electron chi connectivity index (χ3n) is 3.60. The van der Waals surface area contributed by atoms with Crippen LogP contribution in [0.25, 0.3) is 22.0 Å². The van der Waals surface area contributed by atoms with Gasteiger partial charge < -0.3 is 10.1 Å². The fraction of sp³-hybridized carbons (Fsp3) is 0. The SMILES string of the molecule is N#Cc1ccc(-c2c(Cl)c(F)cc3c(=O)c(C(=O)O)c[nH]c23)cc1. The van der Waals surface area contributed by atoms with E-state index in [1.165, 1.54) is 12.1 Å². The van der Waals surface area contributed by atoms with Gasteiger partial charge in [-0.25, -0.2) is 9.18 Å². The molecule has 1 aromatic heterocycles. The Labute approximate surface area is 139 Å². The maximum absolute atomic E-state index is 14.2. The lowest BCUT2D eigenvalue weighted by atomic mass is 9.99. The summed E-state index contributed by atoms with van der Waals surface area (Å²) >= 11 is 6.06. The smallest absolute Gasteiger partial charge is 0.341 e. The highest BCUT2D eigenvalue weighted by atomic mass is 35.5. The maximum Gasteiger partial charge on any atom is 0.341 e. The summed E-state index contributed by atoms with van der Waals surface area (Å²) in [4.78, 5) is 26.0. The summed E-state index contributed by atoms with van der Waals surface area (Å²) in [6, 6.07) is 9.09. The molecule has 1 heterocycles. The van der Waals surface area contributed by atoms with Gasteiger partial charge in [0, 0.05) is 17.1 Å². The van der Waals surface area contributed by atoms with Gasteiger partial charge in [-0.2, -0.15) is 5.26 Å². The molecule has 5 nitrogen and oxygen atoms in total. The molecule has 0 unspecified atom stereocenters. The van der Waals surface area contributed by atoms with E-state index in [1.54, 1.807) is 12.1 Å². The van der Waals surface area contributed by atoms with Crippen molar-refractivity contribution in [3.63, 3.8) is 0 Å². The van der Waals surface area contributed by atoms with Gasteiger partial charge in [-0.1, -0.05) is 23.7 Å². The quantitative estimate of drug-likeness (QED) is 0.744. The summed E-state index contributed by atoms with van der Waals surface area (Å²) in [6.45, 7) is 0. The zero-order chi connectivity index (χ0) is 17.4. The second-order valence-corrected chi connectivity index (χ2v) is 5.37. The van der Waals surface area contributed by atoms with Gasteiger partial charge in [-0.15, -0.1) is 0 Å². The van der Waals surface area contributed by atoms with E-state index in [4.69, 9.17) is 22.0 Å². The largest absolute Gasteiger partial charge is 0.477 e. The number of aromatic amines is 1. The van der Waals surface area contributed by atoms with Gasteiger partial charge >= 0.3 is 5.97 Å². The van der Waals surface area contributed by atoms with Crippen molar-refractivity contribution in [1.29, 1.82) is 5.26 Å². The third kappa shape index (κ3) is 2.41. The van der Waals surface area contributed by atoms with Crippen LogP contribution in [0.1, 0.15) is 15.9 Å². The second-order valence-electron chi connectivity index (χ2n) is 5.00. The summed E-state index contributed by atoms with van der Waals surface area (Å²) in [6.07, 6.45) is 1.05. The summed E-state index contributed by atoms with van der Waals surface area (Å²) < 4.78 is 14.2. The summed E-state index contributed by atoms with van der Waals surface area (Å²) in [5, 5.41) is 17.6. The number of hydrogen-bond acceptors (Lipinski definition) is 3. The molecular formula is C17H8ClFN2O3. The molecule has 0 saturated carbocycles. The Morgan fingerprint density at radius 3 is 2.54 bits per heavy atom. The Kier molecular flexibility index (Phi) is 3.80. The van der Waals surface area contributed by atoms with E-state index in [9.17, 15) is 14.0 Å². The lowest BCUT2D eigenvalue weighted by Crippen LogP contribution is -2.16. The fourth-order valence-corrected chi connectivity index (χ4v) is 2.71. The van der Waals surface area contributed by atoms with Gasteiger partial charge in [0.05, 0.1) is 22.2 Å². The number of nitriles is 1. The van der Waals surface area contributed by atoms with Crippen molar-refractivity contribution >= 4 is 28.5 Å². The second kappa shape index (κ2) is 5.80. The molecule has 118 valence electrons. The van der Waals surface area contributed by atoms with Gasteiger partial charge in [0.2, 0.25) is 5.43 Å². The first-order chi connectivity index (χ1) is 11.4. The van der Waals surface area contributed by atoms with Crippen LogP contribution >= 0.6 is 11.6 Å². The Balaban J connectivity index is 2.40. The van der Waals surface area contributed by atoms with Crippen LogP contribution in [0.15, 0.2) is 41.3 Å². The van der Waals surface area contributed by atoms with E-state index in [1.807, 2.05) is 6.07 Å². The van der Waals surface area contributed by atoms with Crippen molar-refractivity contribution in [3.8, 4) is 17.2 Å². The van der Waals surface area contributed by atoms with Crippen molar-refractivity contribution in [2.75, 3.05) is 0 Å². The monoisotopic (exact) mass is 342 g/mol. The van der Waals surface area contributed by atoms with Crippen LogP contribution in [0.5, 0.6) is 0 Å². The Morgan fingerprint density at radius 1 is 1.29 bits per heavy atom. The molecule has 3 aromatic rings. The Bertz CT molecular complexity index is 1080. The molecule has 0 radical (unpaired) electrons. The van der Waals surface area contributed by atoms with Crippen LogP contribution in [-0.4, -0.2) is 16.1 Å². The number of pyridine rings is 1. The van der Waals surface area contributed by atoms with Gasteiger partial charge in [0.25, 0.3) is 0 Å². The first-order valence-corrected chi connectivity index (χ1v) is 7.09. The van der Waals surface area contributed by atoms with Gasteiger partial charge in [-0.05, 0) is 23.8 Å². The number of rotatable bonds is 2. The minimum absolute atomic E-state index is 0.115. The van der Waals surface area contributed by atoms with Gasteiger partial charge in [-0.3, -0.25) is 4.79 Å². The van der Waals surface area contributed by atoms with Crippen LogP contribution < -0.4 is 5.43 Å². The molecule has 0 fully saturated rings. The van der Waals surface area contributed by atoms with E-state index in [0.717, 1.165) is 12.3 Å². The number of H-pyrrole nitrogens is 1. The molecule has 2 N–H and O–H groups in total. The molecule has 0 aliphatic rings. The summed E-state index contributed by atoms with van der Waals surface area (Å²) in [5.41, 5.74) is 0.0579. The Morgan fingerprint density at radius 2 is 1.96 bits per heavy atom. The van der Waals surface area contributed by atoms with Crippen LogP contribution in [0.4, 0.5) is 4.39 Å². The first kappa shape index (κ1) is 15.7. The van der Waals surface area contributed by atoms with Crippen LogP contribution in [0.2, 0.25) is 5.02 Å². The molecule has 0 amide bonds. The van der Waals surface area contributed by atoms with Crippen molar-refractivity contribution in [3.05, 3.63) is 68.7 Å². The normalized spacial score (nSPS) is 10.5. The van der Waals surface area contributed by atoms with Crippen molar-refractivity contribution in [2.45, 2.75) is 0 Å². The highest BCUT2D eigenvalue weighted by molar-refractivity contribution is 6.35. The molecule has 0 saturated heterocycles. The lowest BCUT2D eigenvalue weighted by molar-refractivity contribution is 0.0695. The molecular weight excluding hydrogens is 335 g/mol. The molecule has 0 atom stereocenters. The summed E-state index contributed by atoms with van der Waals surface area (Å²) in [7, 11) is 0. The number of aromatic nitrogens is 1. The number of benzene rings is 2. The lowest BCUT2D eigenvalue weighted by Gasteiger charge is -2.11. The number of aromatic carboxylic acids is 1. The van der Waals surface area contributed by atoms with Gasteiger partial charge in [0.1, 0.15) is 11.4 Å². The van der Waals surface area contributed by atoms with Crippen molar-refractivity contribution in [2.24, 2.45) is 0 Å². The van der Waals surface area contributed by atoms with Crippen LogP contribution in [0.3, 0.4) is 0 Å². The topological polar surface area (TPSA) is 93.9 Å². The maximum atomic E-state index is 14.2.